The number of carbonyl (C=O) groups is 1. The maximum atomic E-state index is 12.1. The third-order valence-corrected chi connectivity index (χ3v) is 4.60. The van der Waals surface area contributed by atoms with E-state index in [1.807, 2.05) is 33.9 Å². The normalized spacial score (nSPS) is 14.5. The van der Waals surface area contributed by atoms with Crippen molar-refractivity contribution in [3.05, 3.63) is 29.0 Å². The number of aromatic nitrogens is 4. The highest BCUT2D eigenvalue weighted by atomic mass is 32.1. The third-order valence-electron chi connectivity index (χ3n) is 3.92. The van der Waals surface area contributed by atoms with Crippen molar-refractivity contribution in [2.24, 2.45) is 0 Å². The first kappa shape index (κ1) is 14.1. The van der Waals surface area contributed by atoms with E-state index in [0.29, 0.717) is 17.3 Å². The molecule has 0 aliphatic carbocycles. The molecule has 0 saturated carbocycles. The van der Waals surface area contributed by atoms with Gasteiger partial charge in [0.05, 0.1) is 6.54 Å². The van der Waals surface area contributed by atoms with Crippen LogP contribution in [0.5, 0.6) is 0 Å². The minimum Gasteiger partial charge on any atom is -0.360 e. The van der Waals surface area contributed by atoms with Crippen molar-refractivity contribution in [2.75, 3.05) is 25.0 Å². The van der Waals surface area contributed by atoms with Crippen molar-refractivity contribution in [1.29, 1.82) is 0 Å². The fourth-order valence-electron chi connectivity index (χ4n) is 2.70. The Morgan fingerprint density at radius 1 is 1.22 bits per heavy atom. The maximum Gasteiger partial charge on any atom is 0.241 e. The SMILES string of the molecule is O=C(CNc1ccc2nnc(-c3ccsc3)n2n1)N1CCCC1. The van der Waals surface area contributed by atoms with Crippen LogP contribution in [-0.4, -0.2) is 50.3 Å². The van der Waals surface area contributed by atoms with E-state index >= 15 is 0 Å². The second-order valence-electron chi connectivity index (χ2n) is 5.47. The fraction of sp³-hybridized carbons (Fsp3) is 0.333. The Bertz CT molecular complexity index is 822. The average Bonchev–Trinajstić information content (AvgIpc) is 3.32. The van der Waals surface area contributed by atoms with Gasteiger partial charge in [-0.15, -0.1) is 15.3 Å². The smallest absolute Gasteiger partial charge is 0.241 e. The summed E-state index contributed by atoms with van der Waals surface area (Å²) in [6.45, 7) is 1.98. The zero-order valence-corrected chi connectivity index (χ0v) is 13.3. The average molecular weight is 328 g/mol. The lowest BCUT2D eigenvalue weighted by molar-refractivity contribution is -0.128. The number of likely N-dealkylation sites (tertiary alicyclic amines) is 1. The zero-order chi connectivity index (χ0) is 15.6. The van der Waals surface area contributed by atoms with Gasteiger partial charge in [0.15, 0.2) is 11.5 Å². The van der Waals surface area contributed by atoms with Crippen molar-refractivity contribution in [2.45, 2.75) is 12.8 Å². The number of nitrogens with one attached hydrogen (secondary N) is 1. The van der Waals surface area contributed by atoms with Gasteiger partial charge < -0.3 is 10.2 Å². The third kappa shape index (κ3) is 2.77. The molecule has 1 N–H and O–H groups in total. The van der Waals surface area contributed by atoms with E-state index < -0.39 is 0 Å². The molecule has 3 aromatic heterocycles. The number of hydrogen-bond acceptors (Lipinski definition) is 6. The number of rotatable bonds is 4. The zero-order valence-electron chi connectivity index (χ0n) is 12.5. The van der Waals surface area contributed by atoms with Crippen LogP contribution in [0.1, 0.15) is 12.8 Å². The van der Waals surface area contributed by atoms with E-state index in [-0.39, 0.29) is 12.5 Å². The van der Waals surface area contributed by atoms with Crippen molar-refractivity contribution < 1.29 is 4.79 Å². The highest BCUT2D eigenvalue weighted by Gasteiger charge is 2.17. The standard InChI is InChI=1S/C15H16N6OS/c22-14(20-6-1-2-7-20)9-16-12-3-4-13-17-18-15(21(13)19-12)11-5-8-23-10-11/h3-5,8,10H,1-2,6-7,9H2,(H,16,19). The Kier molecular flexibility index (Phi) is 3.66. The molecule has 1 aliphatic heterocycles. The molecule has 4 rings (SSSR count). The first-order valence-corrected chi connectivity index (χ1v) is 8.52. The minimum absolute atomic E-state index is 0.117. The van der Waals surface area contributed by atoms with Crippen LogP contribution < -0.4 is 5.32 Å². The van der Waals surface area contributed by atoms with Crippen LogP contribution in [0.3, 0.4) is 0 Å². The van der Waals surface area contributed by atoms with Crippen LogP contribution in [0, 0.1) is 0 Å². The molecule has 1 aliphatic rings. The van der Waals surface area contributed by atoms with E-state index in [0.717, 1.165) is 31.5 Å². The van der Waals surface area contributed by atoms with Gasteiger partial charge in [-0.05, 0) is 36.4 Å². The van der Waals surface area contributed by atoms with E-state index in [9.17, 15) is 4.79 Å². The van der Waals surface area contributed by atoms with Crippen LogP contribution in [0.4, 0.5) is 5.82 Å². The molecule has 7 nitrogen and oxygen atoms in total. The maximum absolute atomic E-state index is 12.1. The van der Waals surface area contributed by atoms with Crippen LogP contribution >= 0.6 is 11.3 Å². The van der Waals surface area contributed by atoms with Crippen LogP contribution in [-0.2, 0) is 4.79 Å². The largest absolute Gasteiger partial charge is 0.360 e. The molecule has 0 spiro atoms. The summed E-state index contributed by atoms with van der Waals surface area (Å²) in [5.74, 6) is 1.46. The molecule has 1 saturated heterocycles. The van der Waals surface area contributed by atoms with Gasteiger partial charge >= 0.3 is 0 Å². The highest BCUT2D eigenvalue weighted by Crippen LogP contribution is 2.20. The Labute approximate surface area is 136 Å². The minimum atomic E-state index is 0.117. The Morgan fingerprint density at radius 2 is 2.09 bits per heavy atom. The first-order valence-electron chi connectivity index (χ1n) is 7.58. The lowest BCUT2D eigenvalue weighted by Crippen LogP contribution is -2.33. The second kappa shape index (κ2) is 5.96. The molecule has 0 bridgehead atoms. The predicted octanol–water partition coefficient (Wildman–Crippen LogP) is 1.89. The van der Waals surface area contributed by atoms with Gasteiger partial charge in [0.25, 0.3) is 0 Å². The summed E-state index contributed by atoms with van der Waals surface area (Å²) < 4.78 is 1.70. The molecule has 1 amide bonds. The number of fused-ring (bicyclic) bond motifs is 1. The number of anilines is 1. The molecule has 0 radical (unpaired) electrons. The fourth-order valence-corrected chi connectivity index (χ4v) is 3.33. The number of amides is 1. The molecule has 3 aromatic rings. The monoisotopic (exact) mass is 328 g/mol. The van der Waals surface area contributed by atoms with E-state index in [1.54, 1.807) is 15.9 Å². The van der Waals surface area contributed by atoms with Crippen LogP contribution in [0.25, 0.3) is 17.0 Å². The topological polar surface area (TPSA) is 75.4 Å². The molecular formula is C15H16N6OS. The van der Waals surface area contributed by atoms with Crippen molar-refractivity contribution in [3.63, 3.8) is 0 Å². The van der Waals surface area contributed by atoms with Gasteiger partial charge in [-0.25, -0.2) is 0 Å². The van der Waals surface area contributed by atoms with Crippen molar-refractivity contribution in [1.82, 2.24) is 24.7 Å². The van der Waals surface area contributed by atoms with E-state index in [2.05, 4.69) is 20.6 Å². The Morgan fingerprint density at radius 3 is 2.87 bits per heavy atom. The molecule has 0 aromatic carbocycles. The van der Waals surface area contributed by atoms with Crippen LogP contribution in [0.2, 0.25) is 0 Å². The summed E-state index contributed by atoms with van der Waals surface area (Å²) in [4.78, 5) is 14.0. The Balaban J connectivity index is 1.54. The van der Waals surface area contributed by atoms with E-state index in [4.69, 9.17) is 0 Å². The molecule has 8 heteroatoms. The number of hydrogen-bond donors (Lipinski definition) is 1. The number of carbonyl (C=O) groups excluding carboxylic acids is 1. The summed E-state index contributed by atoms with van der Waals surface area (Å²) in [5, 5.41) is 19.9. The molecular weight excluding hydrogens is 312 g/mol. The van der Waals surface area contributed by atoms with Gasteiger partial charge in [0, 0.05) is 24.0 Å². The van der Waals surface area contributed by atoms with Crippen molar-refractivity contribution in [3.8, 4) is 11.4 Å². The summed E-state index contributed by atoms with van der Waals surface area (Å²) >= 11 is 1.60. The predicted molar refractivity (Wildman–Crippen MR) is 88.4 cm³/mol. The Hall–Kier alpha value is -2.48. The molecule has 1 fully saturated rings. The van der Waals surface area contributed by atoms with E-state index in [1.165, 1.54) is 0 Å². The quantitative estimate of drug-likeness (QED) is 0.791. The van der Waals surface area contributed by atoms with Gasteiger partial charge in [-0.3, -0.25) is 4.79 Å². The van der Waals surface area contributed by atoms with Gasteiger partial charge in [0.1, 0.15) is 5.82 Å². The van der Waals surface area contributed by atoms with Crippen molar-refractivity contribution >= 4 is 28.7 Å². The number of thiophene rings is 1. The van der Waals surface area contributed by atoms with Crippen LogP contribution in [0.15, 0.2) is 29.0 Å². The summed E-state index contributed by atoms with van der Waals surface area (Å²) in [6.07, 6.45) is 2.20. The molecule has 0 unspecified atom stereocenters. The first-order chi connectivity index (χ1) is 11.3. The molecule has 118 valence electrons. The molecule has 23 heavy (non-hydrogen) atoms. The summed E-state index contributed by atoms with van der Waals surface area (Å²) in [5.41, 5.74) is 1.67. The van der Waals surface area contributed by atoms with Gasteiger partial charge in [-0.2, -0.15) is 15.9 Å². The second-order valence-corrected chi connectivity index (χ2v) is 6.25. The summed E-state index contributed by atoms with van der Waals surface area (Å²) in [6, 6.07) is 5.65. The van der Waals surface area contributed by atoms with Gasteiger partial charge in [-0.1, -0.05) is 0 Å². The van der Waals surface area contributed by atoms with Gasteiger partial charge in [0.2, 0.25) is 5.91 Å². The molecule has 0 atom stereocenters. The lowest BCUT2D eigenvalue weighted by Gasteiger charge is -2.15. The molecule has 4 heterocycles. The highest BCUT2D eigenvalue weighted by molar-refractivity contribution is 7.08. The number of nitrogens with zero attached hydrogens (tertiary/aromatic N) is 5. The lowest BCUT2D eigenvalue weighted by atomic mass is 10.3. The summed E-state index contributed by atoms with van der Waals surface area (Å²) in [7, 11) is 0.